The van der Waals surface area contributed by atoms with Gasteiger partial charge < -0.3 is 15.7 Å². The van der Waals surface area contributed by atoms with Crippen LogP contribution in [0.4, 0.5) is 5.69 Å². The quantitative estimate of drug-likeness (QED) is 0.614. The lowest BCUT2D eigenvalue weighted by Crippen LogP contribution is -2.33. The van der Waals surface area contributed by atoms with Gasteiger partial charge in [0.25, 0.3) is 0 Å². The predicted octanol–water partition coefficient (Wildman–Crippen LogP) is 2.13. The van der Waals surface area contributed by atoms with E-state index in [0.717, 1.165) is 27.9 Å². The molecular weight excluding hydrogens is 250 g/mol. The highest BCUT2D eigenvalue weighted by atomic mass is 16.3. The molecule has 20 heavy (non-hydrogen) atoms. The van der Waals surface area contributed by atoms with Crippen molar-refractivity contribution in [3.05, 3.63) is 53.6 Å². The zero-order valence-corrected chi connectivity index (χ0v) is 11.5. The second-order valence-corrected chi connectivity index (χ2v) is 4.90. The molecule has 1 unspecified atom stereocenters. The van der Waals surface area contributed by atoms with Crippen molar-refractivity contribution < 1.29 is 5.11 Å². The SMILES string of the molecule is CN=C(N)N(C)c1ccc2c(c1)C(O)c1ccccc1-2. The van der Waals surface area contributed by atoms with Crippen molar-refractivity contribution in [1.29, 1.82) is 0 Å². The summed E-state index contributed by atoms with van der Waals surface area (Å²) in [4.78, 5) is 5.78. The van der Waals surface area contributed by atoms with E-state index in [1.807, 2.05) is 49.5 Å². The monoisotopic (exact) mass is 267 g/mol. The van der Waals surface area contributed by atoms with E-state index in [4.69, 9.17) is 5.73 Å². The van der Waals surface area contributed by atoms with Gasteiger partial charge in [0.1, 0.15) is 6.10 Å². The average molecular weight is 267 g/mol. The molecule has 0 heterocycles. The van der Waals surface area contributed by atoms with Crippen LogP contribution in [0.15, 0.2) is 47.5 Å². The van der Waals surface area contributed by atoms with E-state index in [9.17, 15) is 5.11 Å². The van der Waals surface area contributed by atoms with Crippen LogP contribution in [0.25, 0.3) is 11.1 Å². The van der Waals surface area contributed by atoms with Gasteiger partial charge in [0.2, 0.25) is 0 Å². The Morgan fingerprint density at radius 2 is 1.85 bits per heavy atom. The Hall–Kier alpha value is -2.33. The van der Waals surface area contributed by atoms with Crippen LogP contribution in [0.2, 0.25) is 0 Å². The number of aliphatic hydroxyl groups is 1. The summed E-state index contributed by atoms with van der Waals surface area (Å²) < 4.78 is 0. The smallest absolute Gasteiger partial charge is 0.195 e. The molecule has 3 rings (SSSR count). The predicted molar refractivity (Wildman–Crippen MR) is 81.9 cm³/mol. The largest absolute Gasteiger partial charge is 0.384 e. The fraction of sp³-hybridized carbons (Fsp3) is 0.188. The number of fused-ring (bicyclic) bond motifs is 3. The Bertz CT molecular complexity index is 694. The maximum Gasteiger partial charge on any atom is 0.195 e. The molecule has 0 aromatic heterocycles. The van der Waals surface area contributed by atoms with Crippen molar-refractivity contribution in [2.24, 2.45) is 10.7 Å². The molecule has 0 spiro atoms. The summed E-state index contributed by atoms with van der Waals surface area (Å²) >= 11 is 0. The van der Waals surface area contributed by atoms with Gasteiger partial charge in [-0.3, -0.25) is 4.99 Å². The number of anilines is 1. The van der Waals surface area contributed by atoms with Crippen LogP contribution in [-0.4, -0.2) is 25.2 Å². The van der Waals surface area contributed by atoms with Crippen molar-refractivity contribution >= 4 is 11.6 Å². The molecule has 2 aromatic rings. The summed E-state index contributed by atoms with van der Waals surface area (Å²) in [6, 6.07) is 13.9. The molecule has 0 saturated carbocycles. The number of benzene rings is 2. The highest BCUT2D eigenvalue weighted by Gasteiger charge is 2.27. The highest BCUT2D eigenvalue weighted by Crippen LogP contribution is 2.44. The number of aliphatic imine (C=N–C) groups is 1. The number of guanidine groups is 1. The Morgan fingerprint density at radius 3 is 2.60 bits per heavy atom. The summed E-state index contributed by atoms with van der Waals surface area (Å²) in [6.07, 6.45) is -0.575. The van der Waals surface area contributed by atoms with Crippen LogP contribution in [-0.2, 0) is 0 Å². The molecule has 0 amide bonds. The molecule has 4 nitrogen and oxygen atoms in total. The fourth-order valence-electron chi connectivity index (χ4n) is 2.66. The zero-order chi connectivity index (χ0) is 14.3. The molecule has 102 valence electrons. The molecule has 2 aromatic carbocycles. The van der Waals surface area contributed by atoms with Gasteiger partial charge in [-0.25, -0.2) is 0 Å². The average Bonchev–Trinajstić information content (AvgIpc) is 2.79. The number of hydrogen-bond acceptors (Lipinski definition) is 2. The van der Waals surface area contributed by atoms with E-state index in [2.05, 4.69) is 4.99 Å². The molecular formula is C16H17N3O. The molecule has 0 aliphatic heterocycles. The van der Waals surface area contributed by atoms with Crippen LogP contribution < -0.4 is 10.6 Å². The summed E-state index contributed by atoms with van der Waals surface area (Å²) in [5, 5.41) is 10.5. The van der Waals surface area contributed by atoms with Crippen molar-refractivity contribution in [2.75, 3.05) is 19.0 Å². The molecule has 0 radical (unpaired) electrons. The van der Waals surface area contributed by atoms with E-state index >= 15 is 0 Å². The van der Waals surface area contributed by atoms with Crippen LogP contribution in [0.3, 0.4) is 0 Å². The van der Waals surface area contributed by atoms with Crippen LogP contribution in [0.5, 0.6) is 0 Å². The minimum absolute atomic E-state index is 0.440. The number of hydrogen-bond donors (Lipinski definition) is 2. The Kier molecular flexibility index (Phi) is 2.95. The second-order valence-electron chi connectivity index (χ2n) is 4.90. The van der Waals surface area contributed by atoms with E-state index < -0.39 is 6.10 Å². The third-order valence-electron chi connectivity index (χ3n) is 3.84. The van der Waals surface area contributed by atoms with Gasteiger partial charge in [0.15, 0.2) is 5.96 Å². The lowest BCUT2D eigenvalue weighted by Gasteiger charge is -2.19. The maximum atomic E-state index is 10.5. The highest BCUT2D eigenvalue weighted by molar-refractivity contribution is 5.95. The van der Waals surface area contributed by atoms with E-state index in [-0.39, 0.29) is 0 Å². The number of rotatable bonds is 1. The van der Waals surface area contributed by atoms with Crippen LogP contribution in [0, 0.1) is 0 Å². The molecule has 1 aliphatic carbocycles. The van der Waals surface area contributed by atoms with Gasteiger partial charge in [0.05, 0.1) is 0 Å². The fourth-order valence-corrected chi connectivity index (χ4v) is 2.66. The molecule has 0 bridgehead atoms. The van der Waals surface area contributed by atoms with Gasteiger partial charge in [-0.05, 0) is 34.4 Å². The first-order valence-electron chi connectivity index (χ1n) is 6.50. The topological polar surface area (TPSA) is 61.8 Å². The lowest BCUT2D eigenvalue weighted by molar-refractivity contribution is 0.225. The molecule has 0 saturated heterocycles. The van der Waals surface area contributed by atoms with E-state index in [0.29, 0.717) is 5.96 Å². The minimum atomic E-state index is -0.575. The number of aliphatic hydroxyl groups excluding tert-OH is 1. The number of nitrogens with two attached hydrogens (primary N) is 1. The Morgan fingerprint density at radius 1 is 1.15 bits per heavy atom. The second kappa shape index (κ2) is 4.65. The maximum absolute atomic E-state index is 10.5. The summed E-state index contributed by atoms with van der Waals surface area (Å²) in [7, 11) is 3.52. The first-order valence-corrected chi connectivity index (χ1v) is 6.50. The summed E-state index contributed by atoms with van der Waals surface area (Å²) in [5.74, 6) is 0.440. The third kappa shape index (κ3) is 1.77. The van der Waals surface area contributed by atoms with Gasteiger partial charge >= 0.3 is 0 Å². The Labute approximate surface area is 118 Å². The van der Waals surface area contributed by atoms with Gasteiger partial charge in [-0.15, -0.1) is 0 Å². The van der Waals surface area contributed by atoms with Crippen molar-refractivity contribution in [3.63, 3.8) is 0 Å². The lowest BCUT2D eigenvalue weighted by atomic mass is 10.1. The third-order valence-corrected chi connectivity index (χ3v) is 3.84. The number of nitrogens with zero attached hydrogens (tertiary/aromatic N) is 2. The molecule has 1 atom stereocenters. The Balaban J connectivity index is 2.09. The molecule has 4 heteroatoms. The van der Waals surface area contributed by atoms with Crippen LogP contribution >= 0.6 is 0 Å². The van der Waals surface area contributed by atoms with Gasteiger partial charge in [-0.2, -0.15) is 0 Å². The summed E-state index contributed by atoms with van der Waals surface area (Å²) in [6.45, 7) is 0. The first-order chi connectivity index (χ1) is 9.63. The van der Waals surface area contributed by atoms with Gasteiger partial charge in [-0.1, -0.05) is 30.3 Å². The van der Waals surface area contributed by atoms with Crippen LogP contribution in [0.1, 0.15) is 17.2 Å². The van der Waals surface area contributed by atoms with E-state index in [1.54, 1.807) is 11.9 Å². The van der Waals surface area contributed by atoms with E-state index in [1.165, 1.54) is 0 Å². The molecule has 0 fully saturated rings. The van der Waals surface area contributed by atoms with Crippen molar-refractivity contribution in [2.45, 2.75) is 6.10 Å². The van der Waals surface area contributed by atoms with Gasteiger partial charge in [0, 0.05) is 19.8 Å². The molecule has 1 aliphatic rings. The minimum Gasteiger partial charge on any atom is -0.384 e. The normalized spacial score (nSPS) is 16.8. The zero-order valence-electron chi connectivity index (χ0n) is 11.5. The molecule has 3 N–H and O–H groups in total. The standard InChI is InChI=1S/C16H17N3O/c1-18-16(17)19(2)10-7-8-12-11-5-3-4-6-13(11)15(20)14(12)9-10/h3-9,15,20H,1-2H3,(H2,17,18). The first kappa shape index (κ1) is 12.7. The summed E-state index contributed by atoms with van der Waals surface area (Å²) in [5.41, 5.74) is 10.8. The van der Waals surface area contributed by atoms with Crippen molar-refractivity contribution in [1.82, 2.24) is 0 Å². The van der Waals surface area contributed by atoms with Crippen molar-refractivity contribution in [3.8, 4) is 11.1 Å².